The van der Waals surface area contributed by atoms with Crippen molar-refractivity contribution in [1.82, 2.24) is 9.88 Å². The van der Waals surface area contributed by atoms with Gasteiger partial charge in [-0.3, -0.25) is 4.79 Å². The molecule has 1 aromatic heterocycles. The summed E-state index contributed by atoms with van der Waals surface area (Å²) in [5, 5.41) is 5.83. The summed E-state index contributed by atoms with van der Waals surface area (Å²) in [5.41, 5.74) is 2.37. The van der Waals surface area contributed by atoms with Crippen molar-refractivity contribution in [1.29, 1.82) is 0 Å². The predicted octanol–water partition coefficient (Wildman–Crippen LogP) is 3.36. The van der Waals surface area contributed by atoms with Crippen LogP contribution in [0.5, 0.6) is 0 Å². The molecule has 1 aromatic carbocycles. The Morgan fingerprint density at radius 1 is 1.26 bits per heavy atom. The van der Waals surface area contributed by atoms with E-state index in [4.69, 9.17) is 0 Å². The van der Waals surface area contributed by atoms with Gasteiger partial charge in [-0.1, -0.05) is 43.7 Å². The zero-order chi connectivity index (χ0) is 16.8. The third kappa shape index (κ3) is 4.45. The van der Waals surface area contributed by atoms with Crippen LogP contribution in [-0.2, 0) is 7.05 Å². The van der Waals surface area contributed by atoms with Gasteiger partial charge in [-0.25, -0.2) is 4.79 Å². The monoisotopic (exact) mass is 313 g/mol. The smallest absolute Gasteiger partial charge is 0.319 e. The molecule has 0 spiro atoms. The van der Waals surface area contributed by atoms with Crippen LogP contribution in [0.15, 0.2) is 47.4 Å². The number of rotatable bonds is 5. The average molecular weight is 313 g/mol. The molecule has 2 rings (SSSR count). The summed E-state index contributed by atoms with van der Waals surface area (Å²) in [7, 11) is 1.66. The zero-order valence-corrected chi connectivity index (χ0v) is 13.8. The van der Waals surface area contributed by atoms with Gasteiger partial charge in [0.05, 0.1) is 11.7 Å². The van der Waals surface area contributed by atoms with Gasteiger partial charge in [0.2, 0.25) is 0 Å². The van der Waals surface area contributed by atoms with E-state index in [0.29, 0.717) is 5.69 Å². The van der Waals surface area contributed by atoms with Crippen LogP contribution in [0.2, 0.25) is 0 Å². The second-order valence-electron chi connectivity index (χ2n) is 5.67. The molecular weight excluding hydrogens is 290 g/mol. The molecule has 0 aliphatic heterocycles. The second-order valence-corrected chi connectivity index (χ2v) is 5.67. The molecule has 0 saturated carbocycles. The maximum atomic E-state index is 12.3. The van der Waals surface area contributed by atoms with Crippen molar-refractivity contribution in [2.45, 2.75) is 32.7 Å². The standard InChI is InChI=1S/C18H23N3O2/c1-4-8-15(14-9-6-5-7-10-14)19-18(23)20-16-12-21(3)17(22)11-13(16)2/h5-7,9-12,15H,4,8H2,1-3H3,(H2,19,20,23). The minimum Gasteiger partial charge on any atom is -0.331 e. The normalized spacial score (nSPS) is 11.8. The first kappa shape index (κ1) is 16.8. The highest BCUT2D eigenvalue weighted by atomic mass is 16.2. The summed E-state index contributed by atoms with van der Waals surface area (Å²) in [6.07, 6.45) is 3.47. The van der Waals surface area contributed by atoms with E-state index in [2.05, 4.69) is 17.6 Å². The predicted molar refractivity (Wildman–Crippen MR) is 92.7 cm³/mol. The lowest BCUT2D eigenvalue weighted by Gasteiger charge is -2.19. The van der Waals surface area contributed by atoms with Crippen LogP contribution in [0.4, 0.5) is 10.5 Å². The Morgan fingerprint density at radius 3 is 2.61 bits per heavy atom. The second kappa shape index (κ2) is 7.63. The minimum absolute atomic E-state index is 0.0333. The van der Waals surface area contributed by atoms with Crippen LogP contribution in [0.1, 0.15) is 36.9 Å². The molecule has 5 heteroatoms. The molecule has 0 radical (unpaired) electrons. The van der Waals surface area contributed by atoms with Gasteiger partial charge < -0.3 is 15.2 Å². The number of hydrogen-bond donors (Lipinski definition) is 2. The molecule has 1 heterocycles. The zero-order valence-electron chi connectivity index (χ0n) is 13.8. The SMILES string of the molecule is CCCC(NC(=O)Nc1cn(C)c(=O)cc1C)c1ccccc1. The van der Waals surface area contributed by atoms with Crippen LogP contribution in [-0.4, -0.2) is 10.6 Å². The number of nitrogens with zero attached hydrogens (tertiary/aromatic N) is 1. The van der Waals surface area contributed by atoms with E-state index in [1.165, 1.54) is 10.6 Å². The Hall–Kier alpha value is -2.56. The quantitative estimate of drug-likeness (QED) is 0.889. The maximum absolute atomic E-state index is 12.3. The number of aromatic nitrogens is 1. The molecule has 0 bridgehead atoms. The van der Waals surface area contributed by atoms with Gasteiger partial charge in [0.25, 0.3) is 5.56 Å². The highest BCUT2D eigenvalue weighted by molar-refractivity contribution is 5.90. The number of carbonyl (C=O) groups is 1. The van der Waals surface area contributed by atoms with E-state index < -0.39 is 0 Å². The Morgan fingerprint density at radius 2 is 1.96 bits per heavy atom. The molecular formula is C18H23N3O2. The molecule has 5 nitrogen and oxygen atoms in total. The number of aryl methyl sites for hydroxylation is 2. The van der Waals surface area contributed by atoms with Crippen LogP contribution < -0.4 is 16.2 Å². The van der Waals surface area contributed by atoms with E-state index in [-0.39, 0.29) is 17.6 Å². The molecule has 122 valence electrons. The van der Waals surface area contributed by atoms with E-state index in [1.54, 1.807) is 20.2 Å². The summed E-state index contributed by atoms with van der Waals surface area (Å²) >= 11 is 0. The molecule has 0 saturated heterocycles. The van der Waals surface area contributed by atoms with Gasteiger partial charge in [-0.05, 0) is 24.5 Å². The number of benzene rings is 1. The van der Waals surface area contributed by atoms with Crippen LogP contribution in [0.25, 0.3) is 0 Å². The number of pyridine rings is 1. The van der Waals surface area contributed by atoms with Crippen molar-refractivity contribution in [2.75, 3.05) is 5.32 Å². The first-order valence-electron chi connectivity index (χ1n) is 7.81. The topological polar surface area (TPSA) is 63.1 Å². The van der Waals surface area contributed by atoms with Gasteiger partial charge in [0.1, 0.15) is 0 Å². The molecule has 23 heavy (non-hydrogen) atoms. The van der Waals surface area contributed by atoms with E-state index in [9.17, 15) is 9.59 Å². The summed E-state index contributed by atoms with van der Waals surface area (Å²) < 4.78 is 1.45. The van der Waals surface area contributed by atoms with Gasteiger partial charge in [-0.2, -0.15) is 0 Å². The lowest BCUT2D eigenvalue weighted by atomic mass is 10.0. The van der Waals surface area contributed by atoms with Crippen molar-refractivity contribution in [2.24, 2.45) is 7.05 Å². The number of nitrogens with one attached hydrogen (secondary N) is 2. The van der Waals surface area contributed by atoms with Crippen LogP contribution in [0, 0.1) is 6.92 Å². The number of amides is 2. The molecule has 1 atom stereocenters. The van der Waals surface area contributed by atoms with Crippen molar-refractivity contribution in [3.63, 3.8) is 0 Å². The largest absolute Gasteiger partial charge is 0.331 e. The first-order valence-corrected chi connectivity index (χ1v) is 7.81. The van der Waals surface area contributed by atoms with Crippen LogP contribution in [0.3, 0.4) is 0 Å². The molecule has 1 unspecified atom stereocenters. The van der Waals surface area contributed by atoms with Gasteiger partial charge in [0, 0.05) is 19.3 Å². The lowest BCUT2D eigenvalue weighted by Crippen LogP contribution is -2.33. The Labute approximate surface area is 136 Å². The Kier molecular flexibility index (Phi) is 5.57. The minimum atomic E-state index is -0.269. The van der Waals surface area contributed by atoms with Crippen molar-refractivity contribution in [3.8, 4) is 0 Å². The highest BCUT2D eigenvalue weighted by Gasteiger charge is 2.14. The number of hydrogen-bond acceptors (Lipinski definition) is 2. The highest BCUT2D eigenvalue weighted by Crippen LogP contribution is 2.18. The average Bonchev–Trinajstić information content (AvgIpc) is 2.53. The Bertz CT molecular complexity index is 723. The van der Waals surface area contributed by atoms with Crippen molar-refractivity contribution in [3.05, 3.63) is 64.1 Å². The lowest BCUT2D eigenvalue weighted by molar-refractivity contribution is 0.247. The Balaban J connectivity index is 2.11. The maximum Gasteiger partial charge on any atom is 0.319 e. The van der Waals surface area contributed by atoms with E-state index in [1.807, 2.05) is 30.3 Å². The molecule has 2 amide bonds. The van der Waals surface area contributed by atoms with Gasteiger partial charge >= 0.3 is 6.03 Å². The fourth-order valence-electron chi connectivity index (χ4n) is 2.47. The summed E-state index contributed by atoms with van der Waals surface area (Å²) in [4.78, 5) is 23.9. The fourth-order valence-corrected chi connectivity index (χ4v) is 2.47. The number of carbonyl (C=O) groups excluding carboxylic acids is 1. The number of urea groups is 1. The van der Waals surface area contributed by atoms with Crippen LogP contribution >= 0.6 is 0 Å². The van der Waals surface area contributed by atoms with Gasteiger partial charge in [-0.15, -0.1) is 0 Å². The number of anilines is 1. The molecule has 2 N–H and O–H groups in total. The third-order valence-corrected chi connectivity index (χ3v) is 3.77. The van der Waals surface area contributed by atoms with Gasteiger partial charge in [0.15, 0.2) is 0 Å². The summed E-state index contributed by atoms with van der Waals surface area (Å²) in [5.74, 6) is 0. The first-order chi connectivity index (χ1) is 11.0. The fraction of sp³-hybridized carbons (Fsp3) is 0.333. The molecule has 0 aliphatic carbocycles. The van der Waals surface area contributed by atoms with E-state index in [0.717, 1.165) is 24.0 Å². The molecule has 0 aliphatic rings. The molecule has 0 fully saturated rings. The summed E-state index contributed by atoms with van der Waals surface area (Å²) in [6, 6.07) is 11.1. The summed E-state index contributed by atoms with van der Waals surface area (Å²) in [6.45, 7) is 3.89. The molecule has 2 aromatic rings. The third-order valence-electron chi connectivity index (χ3n) is 3.77. The van der Waals surface area contributed by atoms with Crippen molar-refractivity contribution >= 4 is 11.7 Å². The van der Waals surface area contributed by atoms with E-state index >= 15 is 0 Å². The van der Waals surface area contributed by atoms with Crippen molar-refractivity contribution < 1.29 is 4.79 Å².